The van der Waals surface area contributed by atoms with Gasteiger partial charge in [-0.05, 0) is 0 Å². The maximum absolute atomic E-state index is 11.8. The lowest BCUT2D eigenvalue weighted by Gasteiger charge is -2.12. The fourth-order valence-corrected chi connectivity index (χ4v) is 2.09. The van der Waals surface area contributed by atoms with Crippen molar-refractivity contribution in [3.05, 3.63) is 11.1 Å². The number of thiazole rings is 1. The number of aromatic nitrogens is 1. The number of carboxylic acids is 2. The van der Waals surface area contributed by atoms with Gasteiger partial charge >= 0.3 is 11.9 Å². The van der Waals surface area contributed by atoms with Gasteiger partial charge in [0.25, 0.3) is 5.91 Å². The maximum atomic E-state index is 11.8. The lowest BCUT2D eigenvalue weighted by Crippen LogP contribution is -2.46. The summed E-state index contributed by atoms with van der Waals surface area (Å²) in [5.74, 6) is -4.69. The Hall–Kier alpha value is -3.22. The molecule has 1 aromatic heterocycles. The van der Waals surface area contributed by atoms with Crippen molar-refractivity contribution in [1.29, 1.82) is 0 Å². The van der Waals surface area contributed by atoms with E-state index in [0.29, 0.717) is 0 Å². The van der Waals surface area contributed by atoms with Crippen LogP contribution in [0, 0.1) is 0 Å². The van der Waals surface area contributed by atoms with Crippen LogP contribution in [0.5, 0.6) is 0 Å². The van der Waals surface area contributed by atoms with Crippen LogP contribution in [0.4, 0.5) is 5.13 Å². The number of aliphatic carboxylic acids is 2. The molecule has 24 heavy (non-hydrogen) atoms. The number of carboxylic acid groups (broad SMARTS) is 2. The Kier molecular flexibility index (Phi) is 6.61. The third-order valence-electron chi connectivity index (χ3n) is 2.37. The molecule has 12 nitrogen and oxygen atoms in total. The lowest BCUT2D eigenvalue weighted by molar-refractivity contribution is -0.147. The second kappa shape index (κ2) is 8.42. The van der Waals surface area contributed by atoms with E-state index in [4.69, 9.17) is 21.7 Å². The Morgan fingerprint density at radius 3 is 2.50 bits per heavy atom. The SMILES string of the molecule is NC(N)=Nc1nc(C(=O)NCC(=O)NC(CC(=O)O)C(=O)O)cs1. The predicted octanol–water partition coefficient (Wildman–Crippen LogP) is -2.18. The molecule has 0 saturated heterocycles. The average Bonchev–Trinajstić information content (AvgIpc) is 2.91. The third-order valence-corrected chi connectivity index (χ3v) is 3.11. The van der Waals surface area contributed by atoms with Gasteiger partial charge in [0, 0.05) is 5.38 Å². The van der Waals surface area contributed by atoms with Crippen molar-refractivity contribution in [2.75, 3.05) is 6.54 Å². The van der Waals surface area contributed by atoms with E-state index in [2.05, 4.69) is 15.3 Å². The minimum atomic E-state index is -1.60. The Bertz CT molecular complexity index is 682. The molecule has 1 rings (SSSR count). The Morgan fingerprint density at radius 1 is 1.29 bits per heavy atom. The van der Waals surface area contributed by atoms with Crippen LogP contribution in [0.15, 0.2) is 10.4 Å². The van der Waals surface area contributed by atoms with E-state index < -0.39 is 42.8 Å². The molecule has 0 aliphatic rings. The molecular formula is C11H14N6O6S. The Labute approximate surface area is 138 Å². The zero-order valence-corrected chi connectivity index (χ0v) is 12.9. The first-order valence-corrected chi connectivity index (χ1v) is 7.14. The van der Waals surface area contributed by atoms with Crippen LogP contribution in [-0.4, -0.2) is 57.5 Å². The summed E-state index contributed by atoms with van der Waals surface area (Å²) in [6, 6.07) is -1.60. The standard InChI is InChI=1S/C11H14N6O6S/c12-10(13)17-11-16-5(3-24-11)8(21)14-2-6(18)15-4(9(22)23)1-7(19)20/h3-4H,1-2H2,(H,14,21)(H,15,18)(H,19,20)(H,22,23)(H4,12,13,16,17). The van der Waals surface area contributed by atoms with E-state index >= 15 is 0 Å². The van der Waals surface area contributed by atoms with Gasteiger partial charge in [-0.25, -0.2) is 9.78 Å². The molecule has 1 heterocycles. The fourth-order valence-electron chi connectivity index (χ4n) is 1.40. The van der Waals surface area contributed by atoms with E-state index in [1.807, 2.05) is 5.32 Å². The summed E-state index contributed by atoms with van der Waals surface area (Å²) >= 11 is 0.999. The van der Waals surface area contributed by atoms with E-state index in [-0.39, 0.29) is 16.8 Å². The van der Waals surface area contributed by atoms with Gasteiger partial charge in [0.2, 0.25) is 11.0 Å². The number of aliphatic imine (C=N–C) groups is 1. The van der Waals surface area contributed by atoms with E-state index in [0.717, 1.165) is 11.3 Å². The normalized spacial score (nSPS) is 11.2. The number of rotatable bonds is 8. The molecule has 1 aromatic rings. The first-order valence-electron chi connectivity index (χ1n) is 6.26. The van der Waals surface area contributed by atoms with Crippen LogP contribution < -0.4 is 22.1 Å². The minimum absolute atomic E-state index is 0.0341. The highest BCUT2D eigenvalue weighted by Crippen LogP contribution is 2.18. The number of amides is 2. The number of nitrogens with zero attached hydrogens (tertiary/aromatic N) is 2. The van der Waals surface area contributed by atoms with Crippen LogP contribution in [0.3, 0.4) is 0 Å². The van der Waals surface area contributed by atoms with E-state index in [1.165, 1.54) is 5.38 Å². The zero-order chi connectivity index (χ0) is 18.3. The average molecular weight is 358 g/mol. The number of hydrogen-bond donors (Lipinski definition) is 6. The smallest absolute Gasteiger partial charge is 0.326 e. The quantitative estimate of drug-likeness (QED) is 0.220. The highest BCUT2D eigenvalue weighted by Gasteiger charge is 2.23. The first-order chi connectivity index (χ1) is 11.2. The van der Waals surface area contributed by atoms with Crippen molar-refractivity contribution >= 4 is 46.2 Å². The summed E-state index contributed by atoms with van der Waals surface area (Å²) in [5.41, 5.74) is 10.3. The summed E-state index contributed by atoms with van der Waals surface area (Å²) < 4.78 is 0. The number of guanidine groups is 1. The van der Waals surface area contributed by atoms with E-state index in [9.17, 15) is 19.2 Å². The number of carbonyl (C=O) groups excluding carboxylic acids is 2. The minimum Gasteiger partial charge on any atom is -0.481 e. The van der Waals surface area contributed by atoms with Crippen LogP contribution in [-0.2, 0) is 14.4 Å². The van der Waals surface area contributed by atoms with Gasteiger partial charge in [-0.3, -0.25) is 14.4 Å². The van der Waals surface area contributed by atoms with Crippen molar-refractivity contribution in [2.24, 2.45) is 16.5 Å². The monoisotopic (exact) mass is 358 g/mol. The van der Waals surface area contributed by atoms with Gasteiger partial charge in [-0.1, -0.05) is 0 Å². The van der Waals surface area contributed by atoms with Crippen molar-refractivity contribution in [3.63, 3.8) is 0 Å². The maximum Gasteiger partial charge on any atom is 0.326 e. The summed E-state index contributed by atoms with van der Waals surface area (Å²) in [6.07, 6.45) is -0.789. The molecule has 0 fully saturated rings. The molecule has 0 aliphatic carbocycles. The van der Waals surface area contributed by atoms with Gasteiger partial charge in [0.05, 0.1) is 13.0 Å². The highest BCUT2D eigenvalue weighted by atomic mass is 32.1. The molecule has 13 heteroatoms. The van der Waals surface area contributed by atoms with Crippen LogP contribution in [0.25, 0.3) is 0 Å². The summed E-state index contributed by atoms with van der Waals surface area (Å²) in [7, 11) is 0. The molecule has 0 bridgehead atoms. The van der Waals surface area contributed by atoms with Crippen LogP contribution in [0.1, 0.15) is 16.9 Å². The summed E-state index contributed by atoms with van der Waals surface area (Å²) in [5, 5.41) is 23.0. The number of carbonyl (C=O) groups is 4. The van der Waals surface area contributed by atoms with E-state index in [1.54, 1.807) is 0 Å². The van der Waals surface area contributed by atoms with Crippen molar-refractivity contribution in [2.45, 2.75) is 12.5 Å². The van der Waals surface area contributed by atoms with Crippen LogP contribution in [0.2, 0.25) is 0 Å². The molecule has 1 unspecified atom stereocenters. The number of hydrogen-bond acceptors (Lipinski definition) is 7. The topological polar surface area (TPSA) is 210 Å². The third kappa shape index (κ3) is 6.27. The molecule has 1 atom stereocenters. The molecule has 130 valence electrons. The molecule has 0 saturated carbocycles. The van der Waals surface area contributed by atoms with Crippen molar-refractivity contribution in [3.8, 4) is 0 Å². The summed E-state index contributed by atoms with van der Waals surface area (Å²) in [6.45, 7) is -0.558. The molecule has 0 aromatic carbocycles. The summed E-state index contributed by atoms with van der Waals surface area (Å²) in [4.78, 5) is 52.1. The Balaban J connectivity index is 2.55. The molecule has 8 N–H and O–H groups in total. The zero-order valence-electron chi connectivity index (χ0n) is 12.1. The second-order valence-corrected chi connectivity index (χ2v) is 5.13. The molecule has 0 spiro atoms. The lowest BCUT2D eigenvalue weighted by atomic mass is 10.2. The number of nitrogens with one attached hydrogen (secondary N) is 2. The second-order valence-electron chi connectivity index (χ2n) is 4.29. The first kappa shape index (κ1) is 18.8. The largest absolute Gasteiger partial charge is 0.481 e. The molecule has 2 amide bonds. The van der Waals surface area contributed by atoms with Crippen molar-refractivity contribution in [1.82, 2.24) is 15.6 Å². The van der Waals surface area contributed by atoms with Gasteiger partial charge in [0.1, 0.15) is 11.7 Å². The molecular weight excluding hydrogens is 344 g/mol. The fraction of sp³-hybridized carbons (Fsp3) is 0.273. The van der Waals surface area contributed by atoms with Gasteiger partial charge < -0.3 is 32.3 Å². The molecule has 0 radical (unpaired) electrons. The van der Waals surface area contributed by atoms with Gasteiger partial charge in [-0.2, -0.15) is 4.99 Å². The Morgan fingerprint density at radius 2 is 1.96 bits per heavy atom. The van der Waals surface area contributed by atoms with Gasteiger partial charge in [0.15, 0.2) is 5.96 Å². The predicted molar refractivity (Wildman–Crippen MR) is 81.7 cm³/mol. The van der Waals surface area contributed by atoms with Crippen molar-refractivity contribution < 1.29 is 29.4 Å². The highest BCUT2D eigenvalue weighted by molar-refractivity contribution is 7.13. The van der Waals surface area contributed by atoms with Crippen LogP contribution >= 0.6 is 11.3 Å². The molecule has 0 aliphatic heterocycles. The van der Waals surface area contributed by atoms with Gasteiger partial charge in [-0.15, -0.1) is 11.3 Å². The number of nitrogens with two attached hydrogens (primary N) is 2.